The molecule has 0 spiro atoms. The Bertz CT molecular complexity index is 2800. The zero-order valence-corrected chi connectivity index (χ0v) is 41.7. The lowest BCUT2D eigenvalue weighted by Crippen LogP contribution is -2.26. The summed E-state index contributed by atoms with van der Waals surface area (Å²) < 4.78 is 17.2. The summed E-state index contributed by atoms with van der Waals surface area (Å²) in [5.41, 5.74) is 8.92. The second-order valence-corrected chi connectivity index (χ2v) is 16.6. The Hall–Kier alpha value is -8.65. The minimum atomic E-state index is -0.681. The molecule has 0 aliphatic carbocycles. The van der Waals surface area contributed by atoms with E-state index in [1.165, 1.54) is 11.1 Å². The van der Waals surface area contributed by atoms with Gasteiger partial charge < -0.3 is 35.0 Å². The summed E-state index contributed by atoms with van der Waals surface area (Å²) in [5.74, 6) is 1.71. The first-order valence-electron chi connectivity index (χ1n) is 23.6. The highest BCUT2D eigenvalue weighted by Gasteiger charge is 2.15. The van der Waals surface area contributed by atoms with Gasteiger partial charge in [0.25, 0.3) is 11.8 Å². The number of carbonyl (C=O) groups is 3. The van der Waals surface area contributed by atoms with Crippen molar-refractivity contribution < 1.29 is 33.4 Å². The number of carbonyl (C=O) groups excluding carboxylic acids is 3. The fourth-order valence-corrected chi connectivity index (χ4v) is 6.28. The second-order valence-electron chi connectivity index (χ2n) is 16.6. The van der Waals surface area contributed by atoms with Crippen LogP contribution in [0.15, 0.2) is 187 Å². The van der Waals surface area contributed by atoms with E-state index < -0.39 is 6.10 Å². The molecule has 72 heavy (non-hydrogen) atoms. The molecular weight excluding hydrogens is 907 g/mol. The van der Waals surface area contributed by atoms with Crippen LogP contribution in [-0.4, -0.2) is 44.5 Å². The zero-order valence-electron chi connectivity index (χ0n) is 41.7. The van der Waals surface area contributed by atoms with Gasteiger partial charge in [-0.15, -0.1) is 0 Å². The van der Waals surface area contributed by atoms with Gasteiger partial charge in [0.1, 0.15) is 37.1 Å². The maximum absolute atomic E-state index is 12.2. The number of oxime groups is 1. The molecule has 7 rings (SSSR count). The molecule has 1 atom stereocenters. The van der Waals surface area contributed by atoms with Crippen LogP contribution in [0.1, 0.15) is 75.3 Å². The third-order valence-corrected chi connectivity index (χ3v) is 10.1. The van der Waals surface area contributed by atoms with Crippen molar-refractivity contribution in [3.63, 3.8) is 0 Å². The van der Waals surface area contributed by atoms with Crippen molar-refractivity contribution in [2.24, 2.45) is 5.16 Å². The van der Waals surface area contributed by atoms with Gasteiger partial charge in [-0.2, -0.15) is 0 Å². The maximum Gasteiger partial charge on any atom is 0.267 e. The molecule has 0 fully saturated rings. The quantitative estimate of drug-likeness (QED) is 0.0379. The molecule has 0 bridgehead atoms. The Labute approximate surface area is 422 Å². The molecule has 3 heterocycles. The van der Waals surface area contributed by atoms with Crippen LogP contribution in [0, 0.1) is 6.92 Å². The van der Waals surface area contributed by atoms with Crippen LogP contribution < -0.4 is 30.2 Å². The van der Waals surface area contributed by atoms with Gasteiger partial charge in [0.05, 0.1) is 5.71 Å². The predicted molar refractivity (Wildman–Crippen MR) is 284 cm³/mol. The largest absolute Gasteiger partial charge is 0.489 e. The number of nitrogens with zero attached hydrogens (tertiary/aromatic N) is 4. The Morgan fingerprint density at radius 3 is 1.47 bits per heavy atom. The first kappa shape index (κ1) is 54.3. The van der Waals surface area contributed by atoms with Gasteiger partial charge in [-0.3, -0.25) is 29.3 Å². The third kappa shape index (κ3) is 20.9. The molecule has 14 heteroatoms. The number of allylic oxidation sites excluding steroid dienone is 1. The number of ether oxygens (including phenoxy) is 3. The number of aromatic nitrogens is 3. The number of amides is 3. The van der Waals surface area contributed by atoms with Crippen molar-refractivity contribution in [1.82, 2.24) is 15.0 Å². The first-order chi connectivity index (χ1) is 34.9. The molecular formula is C58H63N7O7. The van der Waals surface area contributed by atoms with Crippen LogP contribution in [0.5, 0.6) is 17.2 Å². The minimum absolute atomic E-state index is 0.00464. The molecule has 0 radical (unpaired) electrons. The van der Waals surface area contributed by atoms with Crippen LogP contribution in [0.4, 0.5) is 17.1 Å². The molecule has 3 amide bonds. The molecule has 3 aromatic heterocycles. The Kier molecular flexibility index (Phi) is 22.7. The minimum Gasteiger partial charge on any atom is -0.489 e. The smallest absolute Gasteiger partial charge is 0.267 e. The summed E-state index contributed by atoms with van der Waals surface area (Å²) in [7, 11) is 0. The van der Waals surface area contributed by atoms with Crippen LogP contribution in [0.3, 0.4) is 0 Å². The molecule has 0 saturated heterocycles. The normalized spacial score (nSPS) is 10.9. The summed E-state index contributed by atoms with van der Waals surface area (Å²) in [6.07, 6.45) is 13.7. The summed E-state index contributed by atoms with van der Waals surface area (Å²) >= 11 is 0. The lowest BCUT2D eigenvalue weighted by Gasteiger charge is -2.12. The van der Waals surface area contributed by atoms with Gasteiger partial charge in [0.15, 0.2) is 0 Å². The Morgan fingerprint density at radius 1 is 0.583 bits per heavy atom. The van der Waals surface area contributed by atoms with Crippen molar-refractivity contribution in [1.29, 1.82) is 0 Å². The number of benzene rings is 4. The molecule has 3 N–H and O–H groups in total. The van der Waals surface area contributed by atoms with E-state index in [1.54, 1.807) is 70.1 Å². The molecule has 0 saturated carbocycles. The van der Waals surface area contributed by atoms with E-state index in [4.69, 9.17) is 19.0 Å². The van der Waals surface area contributed by atoms with E-state index in [1.807, 2.05) is 117 Å². The molecule has 0 aliphatic heterocycles. The first-order valence-corrected chi connectivity index (χ1v) is 23.6. The topological polar surface area (TPSA) is 175 Å². The van der Waals surface area contributed by atoms with Gasteiger partial charge >= 0.3 is 0 Å². The predicted octanol–water partition coefficient (Wildman–Crippen LogP) is 11.9. The molecule has 14 nitrogen and oxygen atoms in total. The van der Waals surface area contributed by atoms with Crippen molar-refractivity contribution in [2.75, 3.05) is 16.0 Å². The third-order valence-electron chi connectivity index (χ3n) is 10.1. The Balaban J connectivity index is 0.000000201. The van der Waals surface area contributed by atoms with Gasteiger partial charge in [0, 0.05) is 101 Å². The van der Waals surface area contributed by atoms with Gasteiger partial charge in [-0.25, -0.2) is 0 Å². The lowest BCUT2D eigenvalue weighted by molar-refractivity contribution is -0.126. The number of hydrogen-bond donors (Lipinski definition) is 3. The second kappa shape index (κ2) is 30.1. The van der Waals surface area contributed by atoms with E-state index >= 15 is 0 Å². The van der Waals surface area contributed by atoms with E-state index in [9.17, 15) is 14.4 Å². The molecule has 4 aromatic carbocycles. The summed E-state index contributed by atoms with van der Waals surface area (Å²) in [6.45, 7) is 12.4. The van der Waals surface area contributed by atoms with E-state index in [0.29, 0.717) is 54.8 Å². The lowest BCUT2D eigenvalue weighted by atomic mass is 10.1. The number of aryl methyl sites for hydroxylation is 2. The van der Waals surface area contributed by atoms with Gasteiger partial charge in [-0.1, -0.05) is 84.4 Å². The highest BCUT2D eigenvalue weighted by atomic mass is 16.6. The van der Waals surface area contributed by atoms with Crippen LogP contribution in [-0.2, 0) is 45.5 Å². The van der Waals surface area contributed by atoms with Crippen LogP contribution in [0.25, 0.3) is 0 Å². The molecule has 0 aliphatic rings. The molecule has 372 valence electrons. The standard InChI is InChI=1S/C22H22N2O2.C18H21N3O3.C18H20N2O2/c1-17-7-9-18(10-8-17)11-12-22(25)24-20-5-2-6-21(14-20)26-16-19-4-3-13-23-15-19;1-13(2)21-24-14(3)18(22)20-16-7-4-8-17(10-16)23-12-15-6-5-9-19-11-15;1-3-6-14(2)18(21)20-16-8-4-9-17(11-16)22-13-15-7-5-10-19-12-15/h2-10,13-15H,11-12,16H2,1H3,(H,24,25);4-11,14H,12H2,1-3H3,(H,20,22);4-12H,3,13H2,1-2H3,(H,20,21)/b;;14-6+. The fraction of sp³-hybridized carbons (Fsp3) is 0.224. The van der Waals surface area contributed by atoms with Crippen molar-refractivity contribution in [3.05, 3.63) is 210 Å². The number of hydrogen-bond acceptors (Lipinski definition) is 11. The molecule has 1 unspecified atom stereocenters. The van der Waals surface area contributed by atoms with E-state index in [0.717, 1.165) is 46.6 Å². The highest BCUT2D eigenvalue weighted by Crippen LogP contribution is 2.22. The average Bonchev–Trinajstić information content (AvgIpc) is 3.40. The zero-order chi connectivity index (χ0) is 51.3. The van der Waals surface area contributed by atoms with Crippen molar-refractivity contribution in [3.8, 4) is 17.2 Å². The molecule has 7 aromatic rings. The SMILES string of the molecule is CC(C)=NOC(C)C(=O)Nc1cccc(OCc2cccnc2)c1.CC/C=C(\C)C(=O)Nc1cccc(OCc2cccnc2)c1.Cc1ccc(CCC(=O)Nc2cccc(OCc3cccnc3)c2)cc1. The van der Waals surface area contributed by atoms with Gasteiger partial charge in [0.2, 0.25) is 12.0 Å². The monoisotopic (exact) mass is 969 g/mol. The van der Waals surface area contributed by atoms with Crippen LogP contribution in [0.2, 0.25) is 0 Å². The summed E-state index contributed by atoms with van der Waals surface area (Å²) in [6, 6.07) is 41.7. The van der Waals surface area contributed by atoms with E-state index in [-0.39, 0.29) is 17.7 Å². The number of pyridine rings is 3. The highest BCUT2D eigenvalue weighted by molar-refractivity contribution is 6.03. The Morgan fingerprint density at radius 2 is 1.04 bits per heavy atom. The summed E-state index contributed by atoms with van der Waals surface area (Å²) in [5, 5.41) is 12.4. The number of nitrogens with one attached hydrogen (secondary N) is 3. The van der Waals surface area contributed by atoms with Gasteiger partial charge in [-0.05, 0) is 108 Å². The maximum atomic E-state index is 12.2. The number of rotatable bonds is 20. The number of anilines is 3. The average molecular weight is 970 g/mol. The summed E-state index contributed by atoms with van der Waals surface area (Å²) in [4.78, 5) is 53.5. The van der Waals surface area contributed by atoms with Crippen molar-refractivity contribution in [2.45, 2.75) is 86.7 Å². The van der Waals surface area contributed by atoms with Crippen LogP contribution >= 0.6 is 0 Å². The van der Waals surface area contributed by atoms with E-state index in [2.05, 4.69) is 67.2 Å². The van der Waals surface area contributed by atoms with Crippen molar-refractivity contribution >= 4 is 40.5 Å². The fourth-order valence-electron chi connectivity index (χ4n) is 6.28.